The molecule has 3 N–H and O–H groups in total. The summed E-state index contributed by atoms with van der Waals surface area (Å²) < 4.78 is 0. The van der Waals surface area contributed by atoms with Crippen LogP contribution in [0.3, 0.4) is 0 Å². The molecule has 0 radical (unpaired) electrons. The maximum atomic E-state index is 5.77. The van der Waals surface area contributed by atoms with Crippen LogP contribution in [0.15, 0.2) is 0 Å². The zero-order valence-corrected chi connectivity index (χ0v) is 9.02. The molecular weight excluding hydrogens is 186 g/mol. The van der Waals surface area contributed by atoms with Crippen LogP contribution in [0.5, 0.6) is 0 Å². The number of nitrogens with zero attached hydrogens (tertiary/aromatic N) is 1. The lowest BCUT2D eigenvalue weighted by Crippen LogP contribution is -2.35. The molecule has 0 bridgehead atoms. The van der Waals surface area contributed by atoms with E-state index in [-0.39, 0.29) is 12.4 Å². The van der Waals surface area contributed by atoms with Crippen molar-refractivity contribution in [3.63, 3.8) is 0 Å². The predicted octanol–water partition coefficient (Wildman–Crippen LogP) is -0.0934. The first-order valence-electron chi connectivity index (χ1n) is 4.94. The molecule has 2 heterocycles. The average molecular weight is 206 g/mol. The van der Waals surface area contributed by atoms with Crippen molar-refractivity contribution in [2.45, 2.75) is 13.0 Å². The third-order valence-electron chi connectivity index (χ3n) is 3.01. The Morgan fingerprint density at radius 3 is 2.38 bits per heavy atom. The van der Waals surface area contributed by atoms with Crippen molar-refractivity contribution in [1.29, 1.82) is 0 Å². The van der Waals surface area contributed by atoms with Crippen LogP contribution >= 0.6 is 12.4 Å². The maximum absolute atomic E-state index is 5.77. The second-order valence-electron chi connectivity index (χ2n) is 4.37. The SMILES string of the molecule is CC(N)CN1C[C@H]2CNC[C@H]2C1.Cl. The molecule has 4 heteroatoms. The summed E-state index contributed by atoms with van der Waals surface area (Å²) in [6.45, 7) is 8.14. The molecule has 0 aromatic rings. The lowest BCUT2D eigenvalue weighted by atomic mass is 10.0. The predicted molar refractivity (Wildman–Crippen MR) is 57.2 cm³/mol. The molecule has 2 saturated heterocycles. The van der Waals surface area contributed by atoms with Gasteiger partial charge in [-0.15, -0.1) is 12.4 Å². The van der Waals surface area contributed by atoms with Gasteiger partial charge in [-0.2, -0.15) is 0 Å². The molecule has 0 aromatic heterocycles. The van der Waals surface area contributed by atoms with Crippen LogP contribution in [0, 0.1) is 11.8 Å². The van der Waals surface area contributed by atoms with E-state index in [4.69, 9.17) is 5.73 Å². The minimum absolute atomic E-state index is 0. The summed E-state index contributed by atoms with van der Waals surface area (Å²) in [5.41, 5.74) is 5.77. The summed E-state index contributed by atoms with van der Waals surface area (Å²) in [7, 11) is 0. The van der Waals surface area contributed by atoms with Gasteiger partial charge in [0, 0.05) is 25.7 Å². The lowest BCUT2D eigenvalue weighted by molar-refractivity contribution is 0.298. The van der Waals surface area contributed by atoms with E-state index in [1.54, 1.807) is 0 Å². The zero-order chi connectivity index (χ0) is 8.55. The number of halogens is 1. The van der Waals surface area contributed by atoms with Gasteiger partial charge in [0.15, 0.2) is 0 Å². The smallest absolute Gasteiger partial charge is 0.0139 e. The van der Waals surface area contributed by atoms with Crippen molar-refractivity contribution in [2.24, 2.45) is 17.6 Å². The Morgan fingerprint density at radius 1 is 1.38 bits per heavy atom. The molecule has 2 aliphatic heterocycles. The summed E-state index contributed by atoms with van der Waals surface area (Å²) in [4.78, 5) is 2.51. The van der Waals surface area contributed by atoms with E-state index in [0.717, 1.165) is 18.4 Å². The van der Waals surface area contributed by atoms with Gasteiger partial charge in [-0.3, -0.25) is 0 Å². The quantitative estimate of drug-likeness (QED) is 0.662. The molecule has 2 aliphatic rings. The normalized spacial score (nSPS) is 35.5. The monoisotopic (exact) mass is 205 g/mol. The topological polar surface area (TPSA) is 41.3 Å². The number of nitrogens with one attached hydrogen (secondary N) is 1. The third-order valence-corrected chi connectivity index (χ3v) is 3.01. The van der Waals surface area contributed by atoms with Crippen LogP contribution in [0.4, 0.5) is 0 Å². The van der Waals surface area contributed by atoms with Gasteiger partial charge in [-0.25, -0.2) is 0 Å². The first-order valence-corrected chi connectivity index (χ1v) is 4.94. The Morgan fingerprint density at radius 2 is 1.92 bits per heavy atom. The van der Waals surface area contributed by atoms with Gasteiger partial charge in [-0.05, 0) is 31.8 Å². The van der Waals surface area contributed by atoms with E-state index in [1.165, 1.54) is 26.2 Å². The van der Waals surface area contributed by atoms with Crippen LogP contribution in [0.1, 0.15) is 6.92 Å². The highest BCUT2D eigenvalue weighted by atomic mass is 35.5. The number of likely N-dealkylation sites (tertiary alicyclic amines) is 1. The minimum atomic E-state index is 0. The molecule has 0 spiro atoms. The van der Waals surface area contributed by atoms with E-state index >= 15 is 0 Å². The Bertz CT molecular complexity index is 151. The summed E-state index contributed by atoms with van der Waals surface area (Å²) in [5.74, 6) is 1.81. The molecule has 0 amide bonds. The molecule has 3 atom stereocenters. The van der Waals surface area contributed by atoms with Gasteiger partial charge >= 0.3 is 0 Å². The van der Waals surface area contributed by atoms with Gasteiger partial charge in [-0.1, -0.05) is 0 Å². The van der Waals surface area contributed by atoms with Crippen LogP contribution in [0.25, 0.3) is 0 Å². The summed E-state index contributed by atoms with van der Waals surface area (Å²) >= 11 is 0. The van der Waals surface area contributed by atoms with Crippen molar-refractivity contribution >= 4 is 12.4 Å². The highest BCUT2D eigenvalue weighted by Gasteiger charge is 2.35. The fraction of sp³-hybridized carbons (Fsp3) is 1.00. The van der Waals surface area contributed by atoms with Gasteiger partial charge in [0.2, 0.25) is 0 Å². The van der Waals surface area contributed by atoms with Crippen molar-refractivity contribution in [3.05, 3.63) is 0 Å². The molecule has 2 rings (SSSR count). The zero-order valence-electron chi connectivity index (χ0n) is 8.20. The fourth-order valence-corrected chi connectivity index (χ4v) is 2.51. The number of hydrogen-bond acceptors (Lipinski definition) is 3. The molecule has 0 saturated carbocycles. The summed E-state index contributed by atoms with van der Waals surface area (Å²) in [6.07, 6.45) is 0. The minimum Gasteiger partial charge on any atom is -0.327 e. The van der Waals surface area contributed by atoms with Gasteiger partial charge in [0.25, 0.3) is 0 Å². The van der Waals surface area contributed by atoms with E-state index in [0.29, 0.717) is 6.04 Å². The fourth-order valence-electron chi connectivity index (χ4n) is 2.51. The molecule has 0 aliphatic carbocycles. The number of rotatable bonds is 2. The van der Waals surface area contributed by atoms with Gasteiger partial charge in [0.05, 0.1) is 0 Å². The van der Waals surface area contributed by atoms with E-state index in [2.05, 4.69) is 17.1 Å². The molecule has 3 nitrogen and oxygen atoms in total. The highest BCUT2D eigenvalue weighted by molar-refractivity contribution is 5.85. The first kappa shape index (κ1) is 11.2. The van der Waals surface area contributed by atoms with Crippen molar-refractivity contribution in [3.8, 4) is 0 Å². The van der Waals surface area contributed by atoms with Crippen molar-refractivity contribution in [1.82, 2.24) is 10.2 Å². The molecule has 78 valence electrons. The van der Waals surface area contributed by atoms with Crippen LogP contribution in [-0.4, -0.2) is 43.7 Å². The molecule has 1 unspecified atom stereocenters. The number of hydrogen-bond donors (Lipinski definition) is 2. The highest BCUT2D eigenvalue weighted by Crippen LogP contribution is 2.25. The Hall–Kier alpha value is 0.170. The Balaban J connectivity index is 0.000000845. The van der Waals surface area contributed by atoms with E-state index in [9.17, 15) is 0 Å². The van der Waals surface area contributed by atoms with Crippen LogP contribution in [-0.2, 0) is 0 Å². The average Bonchev–Trinajstić information content (AvgIpc) is 2.43. The largest absolute Gasteiger partial charge is 0.327 e. The van der Waals surface area contributed by atoms with Gasteiger partial charge < -0.3 is 16.0 Å². The van der Waals surface area contributed by atoms with Crippen LogP contribution < -0.4 is 11.1 Å². The molecule has 2 fully saturated rings. The molecule has 0 aromatic carbocycles. The Labute approximate surface area is 86.4 Å². The summed E-state index contributed by atoms with van der Waals surface area (Å²) in [6, 6.07) is 0.330. The molecular formula is C9H20ClN3. The maximum Gasteiger partial charge on any atom is 0.0139 e. The second kappa shape index (κ2) is 4.60. The van der Waals surface area contributed by atoms with Gasteiger partial charge in [0.1, 0.15) is 0 Å². The molecule has 13 heavy (non-hydrogen) atoms. The van der Waals surface area contributed by atoms with Crippen molar-refractivity contribution < 1.29 is 0 Å². The van der Waals surface area contributed by atoms with Crippen molar-refractivity contribution in [2.75, 3.05) is 32.7 Å². The van der Waals surface area contributed by atoms with E-state index in [1.807, 2.05) is 0 Å². The summed E-state index contributed by atoms with van der Waals surface area (Å²) in [5, 5.41) is 3.44. The lowest BCUT2D eigenvalue weighted by Gasteiger charge is -2.18. The third kappa shape index (κ3) is 2.56. The standard InChI is InChI=1S/C9H19N3.ClH/c1-7(10)4-12-5-8-2-11-3-9(8)6-12;/h7-9,11H,2-6,10H2,1H3;1H/t7?,8-,9+;. The van der Waals surface area contributed by atoms with E-state index < -0.39 is 0 Å². The second-order valence-corrected chi connectivity index (χ2v) is 4.37. The Kier molecular flexibility index (Phi) is 3.98. The van der Waals surface area contributed by atoms with Crippen LogP contribution in [0.2, 0.25) is 0 Å². The first-order chi connectivity index (χ1) is 5.75. The number of fused-ring (bicyclic) bond motifs is 1. The number of nitrogens with two attached hydrogens (primary N) is 1.